The molecule has 1 fully saturated rings. The van der Waals surface area contributed by atoms with E-state index in [0.717, 1.165) is 18.0 Å². The zero-order valence-corrected chi connectivity index (χ0v) is 12.9. The molecule has 1 aliphatic heterocycles. The van der Waals surface area contributed by atoms with Crippen molar-refractivity contribution in [3.63, 3.8) is 0 Å². The number of carbonyl (C=O) groups excluding carboxylic acids is 1. The largest absolute Gasteiger partial charge is 0.395 e. The van der Waals surface area contributed by atoms with Crippen LogP contribution < -0.4 is 5.32 Å². The lowest BCUT2D eigenvalue weighted by molar-refractivity contribution is -0.0175. The highest BCUT2D eigenvalue weighted by Gasteiger charge is 2.18. The molecule has 6 heteroatoms. The van der Waals surface area contributed by atoms with Crippen LogP contribution in [0.25, 0.3) is 0 Å². The topological polar surface area (TPSA) is 61.8 Å². The third kappa shape index (κ3) is 5.14. The van der Waals surface area contributed by atoms with E-state index in [1.165, 1.54) is 11.3 Å². The molecule has 5 nitrogen and oxygen atoms in total. The Bertz CT molecular complexity index is 533. The minimum absolute atomic E-state index is 0.0511. The number of morpholine rings is 1. The van der Waals surface area contributed by atoms with Crippen LogP contribution in [0.1, 0.15) is 21.7 Å². The van der Waals surface area contributed by atoms with Gasteiger partial charge in [0.05, 0.1) is 29.8 Å². The monoisotopic (exact) mass is 308 g/mol. The van der Waals surface area contributed by atoms with Gasteiger partial charge in [-0.1, -0.05) is 11.8 Å². The number of likely N-dealkylation sites (N-methyl/N-ethyl adjacent to an activating group) is 1. The molecule has 1 atom stereocenters. The molecule has 1 aromatic heterocycles. The minimum Gasteiger partial charge on any atom is -0.395 e. The van der Waals surface area contributed by atoms with Gasteiger partial charge in [0.15, 0.2) is 0 Å². The first kappa shape index (κ1) is 16.0. The van der Waals surface area contributed by atoms with E-state index in [1.807, 2.05) is 7.05 Å². The molecule has 2 rings (SSSR count). The summed E-state index contributed by atoms with van der Waals surface area (Å²) in [6.45, 7) is 3.05. The van der Waals surface area contributed by atoms with E-state index in [4.69, 9.17) is 9.84 Å². The van der Waals surface area contributed by atoms with Crippen molar-refractivity contribution in [1.82, 2.24) is 10.2 Å². The summed E-state index contributed by atoms with van der Waals surface area (Å²) in [6.07, 6.45) is 0.501. The van der Waals surface area contributed by atoms with Crippen molar-refractivity contribution in [2.24, 2.45) is 0 Å². The Balaban J connectivity index is 1.82. The molecule has 1 saturated heterocycles. The van der Waals surface area contributed by atoms with Crippen molar-refractivity contribution < 1.29 is 14.6 Å². The average Bonchev–Trinajstić information content (AvgIpc) is 2.94. The maximum absolute atomic E-state index is 12.1. The van der Waals surface area contributed by atoms with Gasteiger partial charge < -0.3 is 20.1 Å². The SMILES string of the molecule is CN1CCOC(CNC(=O)c2csc(C#CCCO)c2)C1. The zero-order valence-electron chi connectivity index (χ0n) is 12.1. The molecule has 0 bridgehead atoms. The predicted molar refractivity (Wildman–Crippen MR) is 82.5 cm³/mol. The number of nitrogens with zero attached hydrogens (tertiary/aromatic N) is 1. The summed E-state index contributed by atoms with van der Waals surface area (Å²) in [5.74, 6) is 5.68. The van der Waals surface area contributed by atoms with Gasteiger partial charge in [-0.3, -0.25) is 4.79 Å². The molecular weight excluding hydrogens is 288 g/mol. The zero-order chi connectivity index (χ0) is 15.1. The number of ether oxygens (including phenoxy) is 1. The van der Waals surface area contributed by atoms with Gasteiger partial charge in [-0.25, -0.2) is 0 Å². The van der Waals surface area contributed by atoms with Gasteiger partial charge in [-0.05, 0) is 13.1 Å². The lowest BCUT2D eigenvalue weighted by atomic mass is 10.2. The summed E-state index contributed by atoms with van der Waals surface area (Å²) >= 11 is 1.43. The van der Waals surface area contributed by atoms with Gasteiger partial charge in [0.25, 0.3) is 5.91 Å². The highest BCUT2D eigenvalue weighted by atomic mass is 32.1. The second-order valence-electron chi connectivity index (χ2n) is 4.94. The fourth-order valence-electron chi connectivity index (χ4n) is 2.03. The van der Waals surface area contributed by atoms with Crippen LogP contribution in [0.15, 0.2) is 11.4 Å². The highest BCUT2D eigenvalue weighted by molar-refractivity contribution is 7.10. The van der Waals surface area contributed by atoms with E-state index >= 15 is 0 Å². The van der Waals surface area contributed by atoms with Crippen LogP contribution in [-0.4, -0.2) is 61.9 Å². The first-order chi connectivity index (χ1) is 10.2. The van der Waals surface area contributed by atoms with Crippen LogP contribution in [0.5, 0.6) is 0 Å². The van der Waals surface area contributed by atoms with Gasteiger partial charge in [-0.2, -0.15) is 0 Å². The summed E-state index contributed by atoms with van der Waals surface area (Å²) in [4.78, 5) is 15.1. The quantitative estimate of drug-likeness (QED) is 0.797. The van der Waals surface area contributed by atoms with Crippen molar-refractivity contribution in [2.75, 3.05) is 39.9 Å². The van der Waals surface area contributed by atoms with Crippen molar-refractivity contribution in [1.29, 1.82) is 0 Å². The van der Waals surface area contributed by atoms with Gasteiger partial charge >= 0.3 is 0 Å². The van der Waals surface area contributed by atoms with E-state index in [1.54, 1.807) is 11.4 Å². The van der Waals surface area contributed by atoms with Crippen LogP contribution in [0, 0.1) is 11.8 Å². The number of rotatable bonds is 4. The van der Waals surface area contributed by atoms with Crippen molar-refractivity contribution in [3.8, 4) is 11.8 Å². The Morgan fingerprint density at radius 2 is 2.52 bits per heavy atom. The molecular formula is C15H20N2O3S. The summed E-state index contributed by atoms with van der Waals surface area (Å²) in [5.41, 5.74) is 0.623. The van der Waals surface area contributed by atoms with Crippen LogP contribution in [0.4, 0.5) is 0 Å². The van der Waals surface area contributed by atoms with Crippen LogP contribution >= 0.6 is 11.3 Å². The number of nitrogens with one attached hydrogen (secondary N) is 1. The maximum atomic E-state index is 12.1. The molecule has 1 aliphatic rings. The number of hydrogen-bond acceptors (Lipinski definition) is 5. The number of hydrogen-bond donors (Lipinski definition) is 2. The van der Waals surface area contributed by atoms with E-state index < -0.39 is 0 Å². The minimum atomic E-state index is -0.0988. The second kappa shape index (κ2) is 8.15. The van der Waals surface area contributed by atoms with Gasteiger partial charge in [0.2, 0.25) is 0 Å². The van der Waals surface area contributed by atoms with E-state index in [-0.39, 0.29) is 18.6 Å². The normalized spacial score (nSPS) is 18.9. The first-order valence-electron chi connectivity index (χ1n) is 6.95. The third-order valence-electron chi connectivity index (χ3n) is 3.14. The number of thiophene rings is 1. The molecule has 114 valence electrons. The van der Waals surface area contributed by atoms with Crippen molar-refractivity contribution in [2.45, 2.75) is 12.5 Å². The lowest BCUT2D eigenvalue weighted by Gasteiger charge is -2.30. The molecule has 0 saturated carbocycles. The van der Waals surface area contributed by atoms with Crippen LogP contribution in [-0.2, 0) is 4.74 Å². The molecule has 1 amide bonds. The number of carbonyl (C=O) groups is 1. The fraction of sp³-hybridized carbons (Fsp3) is 0.533. The van der Waals surface area contributed by atoms with Crippen LogP contribution in [0.3, 0.4) is 0 Å². The lowest BCUT2D eigenvalue weighted by Crippen LogP contribution is -2.45. The number of aliphatic hydroxyl groups excluding tert-OH is 1. The smallest absolute Gasteiger partial charge is 0.252 e. The molecule has 2 N–H and O–H groups in total. The van der Waals surface area contributed by atoms with E-state index in [0.29, 0.717) is 25.1 Å². The molecule has 1 unspecified atom stereocenters. The van der Waals surface area contributed by atoms with Crippen molar-refractivity contribution in [3.05, 3.63) is 21.9 Å². The van der Waals surface area contributed by atoms with E-state index in [9.17, 15) is 4.79 Å². The van der Waals surface area contributed by atoms with Crippen molar-refractivity contribution >= 4 is 17.2 Å². The summed E-state index contributed by atoms with van der Waals surface area (Å²) in [6, 6.07) is 1.78. The Kier molecular flexibility index (Phi) is 6.21. The Labute approximate surface area is 128 Å². The molecule has 2 heterocycles. The molecule has 21 heavy (non-hydrogen) atoms. The third-order valence-corrected chi connectivity index (χ3v) is 3.99. The first-order valence-corrected chi connectivity index (χ1v) is 7.83. The van der Waals surface area contributed by atoms with E-state index in [2.05, 4.69) is 22.1 Å². The molecule has 1 aromatic rings. The van der Waals surface area contributed by atoms with Gasteiger partial charge in [0.1, 0.15) is 0 Å². The summed E-state index contributed by atoms with van der Waals surface area (Å²) in [7, 11) is 2.05. The maximum Gasteiger partial charge on any atom is 0.252 e. The molecule has 0 aromatic carbocycles. The Morgan fingerprint density at radius 3 is 3.29 bits per heavy atom. The summed E-state index contributed by atoms with van der Waals surface area (Å²) in [5, 5.41) is 13.4. The Morgan fingerprint density at radius 1 is 1.67 bits per heavy atom. The van der Waals surface area contributed by atoms with Gasteiger partial charge in [-0.15, -0.1) is 11.3 Å². The molecule has 0 radical (unpaired) electrons. The van der Waals surface area contributed by atoms with Crippen LogP contribution in [0.2, 0.25) is 0 Å². The Hall–Kier alpha value is -1.39. The average molecular weight is 308 g/mol. The predicted octanol–water partition coefficient (Wildman–Crippen LogP) is 0.542. The summed E-state index contributed by atoms with van der Waals surface area (Å²) < 4.78 is 5.61. The highest BCUT2D eigenvalue weighted by Crippen LogP contribution is 2.13. The number of amides is 1. The number of aliphatic hydroxyl groups is 1. The fourth-order valence-corrected chi connectivity index (χ4v) is 2.78. The standard InChI is InChI=1S/C15H20N2O3S/c1-17-5-7-20-13(10-17)9-16-15(19)12-8-14(21-11-12)4-2-3-6-18/h8,11,13,18H,3,5-7,9-10H2,1H3,(H,16,19). The molecule has 0 aliphatic carbocycles. The second-order valence-corrected chi connectivity index (χ2v) is 5.85. The van der Waals surface area contributed by atoms with Gasteiger partial charge in [0, 0.05) is 31.4 Å². The molecule has 0 spiro atoms.